The van der Waals surface area contributed by atoms with Crippen LogP contribution in [0.3, 0.4) is 0 Å². The highest BCUT2D eigenvalue weighted by Crippen LogP contribution is 2.26. The number of methoxy groups -OCH3 is 1. The van der Waals surface area contributed by atoms with Crippen LogP contribution in [0, 0.1) is 0 Å². The third kappa shape index (κ3) is 1.10. The summed E-state index contributed by atoms with van der Waals surface area (Å²) < 4.78 is 9.70. The van der Waals surface area contributed by atoms with Gasteiger partial charge >= 0.3 is 5.97 Å². The van der Waals surface area contributed by atoms with Crippen LogP contribution in [0.15, 0.2) is 22.7 Å². The SMILES string of the molecule is COC(=O)c1c(N)oc2cccnc12. The highest BCUT2D eigenvalue weighted by atomic mass is 16.5. The molecule has 0 saturated carbocycles. The molecule has 0 unspecified atom stereocenters. The monoisotopic (exact) mass is 192 g/mol. The predicted octanol–water partition coefficient (Wildman–Crippen LogP) is 1.20. The number of rotatable bonds is 1. The minimum atomic E-state index is -0.542. The van der Waals surface area contributed by atoms with E-state index in [0.717, 1.165) is 0 Å². The number of hydrogen-bond donors (Lipinski definition) is 1. The van der Waals surface area contributed by atoms with Crippen molar-refractivity contribution < 1.29 is 13.9 Å². The lowest BCUT2D eigenvalue weighted by molar-refractivity contribution is 0.0603. The van der Waals surface area contributed by atoms with Crippen LogP contribution in [-0.2, 0) is 4.74 Å². The van der Waals surface area contributed by atoms with Crippen molar-refractivity contribution in [3.8, 4) is 0 Å². The molecular weight excluding hydrogens is 184 g/mol. The minimum absolute atomic E-state index is 0.0329. The number of nitrogens with two attached hydrogens (primary N) is 1. The molecule has 0 aliphatic carbocycles. The van der Waals surface area contributed by atoms with Gasteiger partial charge in [0.1, 0.15) is 11.1 Å². The number of esters is 1. The third-order valence-electron chi connectivity index (χ3n) is 1.86. The van der Waals surface area contributed by atoms with Gasteiger partial charge in [0.25, 0.3) is 0 Å². The van der Waals surface area contributed by atoms with Crippen LogP contribution in [0.2, 0.25) is 0 Å². The molecule has 0 aliphatic rings. The number of pyridine rings is 1. The Morgan fingerprint density at radius 1 is 1.64 bits per heavy atom. The number of anilines is 1. The van der Waals surface area contributed by atoms with Crippen molar-refractivity contribution in [1.29, 1.82) is 0 Å². The van der Waals surface area contributed by atoms with Gasteiger partial charge in [-0.3, -0.25) is 4.98 Å². The van der Waals surface area contributed by atoms with E-state index in [4.69, 9.17) is 10.2 Å². The second-order valence-electron chi connectivity index (χ2n) is 2.68. The quantitative estimate of drug-likeness (QED) is 0.686. The first kappa shape index (κ1) is 8.55. The molecule has 14 heavy (non-hydrogen) atoms. The summed E-state index contributed by atoms with van der Waals surface area (Å²) in [6, 6.07) is 3.39. The maximum absolute atomic E-state index is 11.3. The molecule has 0 bridgehead atoms. The van der Waals surface area contributed by atoms with E-state index in [1.54, 1.807) is 18.3 Å². The summed E-state index contributed by atoms with van der Waals surface area (Å²) in [6.45, 7) is 0. The van der Waals surface area contributed by atoms with Crippen molar-refractivity contribution in [3.05, 3.63) is 23.9 Å². The van der Waals surface area contributed by atoms with Gasteiger partial charge in [0, 0.05) is 6.20 Å². The zero-order valence-corrected chi connectivity index (χ0v) is 7.48. The molecule has 0 aliphatic heterocycles. The Bertz CT molecular complexity index is 490. The Hall–Kier alpha value is -2.04. The molecule has 0 saturated heterocycles. The van der Waals surface area contributed by atoms with Crippen molar-refractivity contribution in [2.75, 3.05) is 12.8 Å². The average Bonchev–Trinajstić information content (AvgIpc) is 2.53. The molecule has 2 rings (SSSR count). The normalized spacial score (nSPS) is 10.4. The summed E-state index contributed by atoms with van der Waals surface area (Å²) in [5.41, 5.74) is 6.61. The molecule has 0 aromatic carbocycles. The van der Waals surface area contributed by atoms with Gasteiger partial charge in [-0.1, -0.05) is 0 Å². The van der Waals surface area contributed by atoms with E-state index in [1.165, 1.54) is 7.11 Å². The zero-order valence-electron chi connectivity index (χ0n) is 7.48. The summed E-state index contributed by atoms with van der Waals surface area (Å²) in [4.78, 5) is 15.3. The van der Waals surface area contributed by atoms with Gasteiger partial charge in [-0.25, -0.2) is 4.79 Å². The van der Waals surface area contributed by atoms with E-state index in [1.807, 2.05) is 0 Å². The van der Waals surface area contributed by atoms with Crippen molar-refractivity contribution in [3.63, 3.8) is 0 Å². The second kappa shape index (κ2) is 3.02. The smallest absolute Gasteiger partial charge is 0.345 e. The molecule has 0 atom stereocenters. The Balaban J connectivity index is 2.74. The van der Waals surface area contributed by atoms with Gasteiger partial charge in [-0.2, -0.15) is 0 Å². The second-order valence-corrected chi connectivity index (χ2v) is 2.68. The van der Waals surface area contributed by atoms with Crippen LogP contribution in [0.1, 0.15) is 10.4 Å². The van der Waals surface area contributed by atoms with Crippen molar-refractivity contribution in [1.82, 2.24) is 4.98 Å². The first-order chi connectivity index (χ1) is 6.74. The van der Waals surface area contributed by atoms with Crippen LogP contribution in [0.5, 0.6) is 0 Å². The van der Waals surface area contributed by atoms with Crippen molar-refractivity contribution in [2.24, 2.45) is 0 Å². The van der Waals surface area contributed by atoms with E-state index < -0.39 is 5.97 Å². The molecule has 5 nitrogen and oxygen atoms in total. The van der Waals surface area contributed by atoms with E-state index in [9.17, 15) is 4.79 Å². The highest BCUT2D eigenvalue weighted by molar-refractivity contribution is 6.05. The Morgan fingerprint density at radius 3 is 3.14 bits per heavy atom. The standard InChI is InChI=1S/C9H8N2O3/c1-13-9(12)6-7-5(14-8(6)10)3-2-4-11-7/h2-4H,10H2,1H3. The molecule has 0 fully saturated rings. The fraction of sp³-hybridized carbons (Fsp3) is 0.111. The molecule has 2 aromatic heterocycles. The molecule has 0 spiro atoms. The number of furan rings is 1. The van der Waals surface area contributed by atoms with Crippen LogP contribution in [0.4, 0.5) is 5.88 Å². The van der Waals surface area contributed by atoms with Gasteiger partial charge < -0.3 is 14.9 Å². The van der Waals surface area contributed by atoms with E-state index in [0.29, 0.717) is 11.1 Å². The third-order valence-corrected chi connectivity index (χ3v) is 1.86. The first-order valence-electron chi connectivity index (χ1n) is 3.95. The summed E-state index contributed by atoms with van der Waals surface area (Å²) in [7, 11) is 1.28. The van der Waals surface area contributed by atoms with E-state index in [-0.39, 0.29) is 11.4 Å². The molecule has 72 valence electrons. The topological polar surface area (TPSA) is 78.4 Å². The zero-order chi connectivity index (χ0) is 10.1. The number of ether oxygens (including phenoxy) is 1. The Kier molecular flexibility index (Phi) is 1.85. The fourth-order valence-corrected chi connectivity index (χ4v) is 1.25. The molecule has 2 N–H and O–H groups in total. The Morgan fingerprint density at radius 2 is 2.43 bits per heavy atom. The number of hydrogen-bond acceptors (Lipinski definition) is 5. The molecule has 2 heterocycles. The lowest BCUT2D eigenvalue weighted by Crippen LogP contribution is -2.03. The number of nitrogen functional groups attached to an aromatic ring is 1. The number of fused-ring (bicyclic) bond motifs is 1. The highest BCUT2D eigenvalue weighted by Gasteiger charge is 2.20. The minimum Gasteiger partial charge on any atom is -0.465 e. The largest absolute Gasteiger partial charge is 0.465 e. The van der Waals surface area contributed by atoms with Crippen LogP contribution < -0.4 is 5.73 Å². The first-order valence-corrected chi connectivity index (χ1v) is 3.95. The summed E-state index contributed by atoms with van der Waals surface area (Å²) in [6.07, 6.45) is 1.56. The molecular formula is C9H8N2O3. The molecule has 0 radical (unpaired) electrons. The number of carbonyl (C=O) groups excluding carboxylic acids is 1. The predicted molar refractivity (Wildman–Crippen MR) is 49.8 cm³/mol. The Labute approximate surface area is 79.5 Å². The molecule has 5 heteroatoms. The van der Waals surface area contributed by atoms with Gasteiger partial charge in [0.05, 0.1) is 7.11 Å². The lowest BCUT2D eigenvalue weighted by atomic mass is 10.2. The van der Waals surface area contributed by atoms with Gasteiger partial charge in [-0.15, -0.1) is 0 Å². The summed E-state index contributed by atoms with van der Waals surface area (Å²) in [5.74, 6) is -0.509. The number of aromatic nitrogens is 1. The van der Waals surface area contributed by atoms with Gasteiger partial charge in [0.15, 0.2) is 5.58 Å². The molecule has 2 aromatic rings. The van der Waals surface area contributed by atoms with Crippen LogP contribution in [-0.4, -0.2) is 18.1 Å². The van der Waals surface area contributed by atoms with Crippen molar-refractivity contribution in [2.45, 2.75) is 0 Å². The summed E-state index contributed by atoms with van der Waals surface area (Å²) >= 11 is 0. The molecule has 0 amide bonds. The number of nitrogens with zero attached hydrogens (tertiary/aromatic N) is 1. The van der Waals surface area contributed by atoms with Gasteiger partial charge in [0.2, 0.25) is 5.88 Å². The van der Waals surface area contributed by atoms with E-state index >= 15 is 0 Å². The average molecular weight is 192 g/mol. The van der Waals surface area contributed by atoms with Crippen molar-refractivity contribution >= 4 is 23.0 Å². The van der Waals surface area contributed by atoms with Crippen LogP contribution >= 0.6 is 0 Å². The lowest BCUT2D eigenvalue weighted by Gasteiger charge is -1.95. The fourth-order valence-electron chi connectivity index (χ4n) is 1.25. The maximum Gasteiger partial charge on any atom is 0.345 e. The summed E-state index contributed by atoms with van der Waals surface area (Å²) in [5, 5.41) is 0. The van der Waals surface area contributed by atoms with Gasteiger partial charge in [-0.05, 0) is 12.1 Å². The number of carbonyl (C=O) groups is 1. The maximum atomic E-state index is 11.3. The van der Waals surface area contributed by atoms with E-state index in [2.05, 4.69) is 9.72 Å². The van der Waals surface area contributed by atoms with Crippen LogP contribution in [0.25, 0.3) is 11.1 Å².